The van der Waals surface area contributed by atoms with Gasteiger partial charge in [0.25, 0.3) is 5.89 Å². The smallest absolute Gasteiger partial charge is 0.258 e. The van der Waals surface area contributed by atoms with Crippen molar-refractivity contribution < 1.29 is 9.63 Å². The number of phenolic OH excluding ortho intramolecular Hbond substituents is 1. The number of rotatable bonds is 2. The fourth-order valence-corrected chi connectivity index (χ4v) is 2.72. The van der Waals surface area contributed by atoms with Crippen LogP contribution in [0.3, 0.4) is 0 Å². The van der Waals surface area contributed by atoms with E-state index >= 15 is 0 Å². The highest BCUT2D eigenvalue weighted by molar-refractivity contribution is 5.64. The number of hydrogen-bond donors (Lipinski definition) is 2. The number of hydrogen-bond acceptors (Lipinski definition) is 5. The maximum atomic E-state index is 9.43. The normalized spacial score (nSPS) is 22.9. The Kier molecular flexibility index (Phi) is 3.34. The van der Waals surface area contributed by atoms with Gasteiger partial charge in [0.2, 0.25) is 0 Å². The van der Waals surface area contributed by atoms with Crippen molar-refractivity contribution in [2.75, 3.05) is 5.73 Å². The predicted molar refractivity (Wildman–Crippen MR) is 76.2 cm³/mol. The Labute approximate surface area is 117 Å². The van der Waals surface area contributed by atoms with Gasteiger partial charge in [0, 0.05) is 11.5 Å². The van der Waals surface area contributed by atoms with E-state index in [1.165, 1.54) is 18.9 Å². The molecule has 20 heavy (non-hydrogen) atoms. The summed E-state index contributed by atoms with van der Waals surface area (Å²) in [7, 11) is 0. The van der Waals surface area contributed by atoms with E-state index in [0.717, 1.165) is 30.1 Å². The Morgan fingerprint density at radius 1 is 1.25 bits per heavy atom. The monoisotopic (exact) mass is 273 g/mol. The summed E-state index contributed by atoms with van der Waals surface area (Å²) in [6.07, 6.45) is 4.69. The summed E-state index contributed by atoms with van der Waals surface area (Å²) >= 11 is 0. The van der Waals surface area contributed by atoms with E-state index in [-0.39, 0.29) is 5.75 Å². The van der Waals surface area contributed by atoms with E-state index in [4.69, 9.17) is 10.3 Å². The number of nitrogens with two attached hydrogens (primary N) is 1. The minimum Gasteiger partial charge on any atom is -0.506 e. The molecule has 106 valence electrons. The second-order valence-electron chi connectivity index (χ2n) is 5.69. The molecule has 1 aliphatic carbocycles. The molecule has 1 aromatic carbocycles. The van der Waals surface area contributed by atoms with Crippen molar-refractivity contribution in [2.24, 2.45) is 5.92 Å². The van der Waals surface area contributed by atoms with Crippen LogP contribution >= 0.6 is 0 Å². The summed E-state index contributed by atoms with van der Waals surface area (Å²) in [5, 5.41) is 13.5. The van der Waals surface area contributed by atoms with Crippen molar-refractivity contribution >= 4 is 5.69 Å². The van der Waals surface area contributed by atoms with Crippen LogP contribution < -0.4 is 5.73 Å². The first-order valence-corrected chi connectivity index (χ1v) is 7.06. The minimum absolute atomic E-state index is 0.0646. The molecule has 1 aromatic heterocycles. The second kappa shape index (κ2) is 5.15. The molecule has 0 atom stereocenters. The van der Waals surface area contributed by atoms with Crippen LogP contribution in [-0.4, -0.2) is 15.2 Å². The molecular weight excluding hydrogens is 254 g/mol. The van der Waals surface area contributed by atoms with Gasteiger partial charge in [-0.15, -0.1) is 0 Å². The molecule has 0 spiro atoms. The van der Waals surface area contributed by atoms with Crippen molar-refractivity contribution in [1.29, 1.82) is 0 Å². The van der Waals surface area contributed by atoms with Crippen LogP contribution in [0.15, 0.2) is 22.7 Å². The van der Waals surface area contributed by atoms with Crippen molar-refractivity contribution in [2.45, 2.75) is 38.5 Å². The molecular formula is C15H19N3O2. The Hall–Kier alpha value is -2.04. The van der Waals surface area contributed by atoms with Crippen LogP contribution in [0, 0.1) is 5.92 Å². The zero-order chi connectivity index (χ0) is 14.1. The topological polar surface area (TPSA) is 85.2 Å². The third-order valence-corrected chi connectivity index (χ3v) is 4.10. The third kappa shape index (κ3) is 2.48. The summed E-state index contributed by atoms with van der Waals surface area (Å²) in [4.78, 5) is 4.49. The number of nitrogen functional groups attached to an aromatic ring is 1. The molecule has 1 fully saturated rings. The first kappa shape index (κ1) is 13.0. The van der Waals surface area contributed by atoms with E-state index < -0.39 is 0 Å². The highest BCUT2D eigenvalue weighted by Gasteiger charge is 2.24. The molecule has 0 amide bonds. The summed E-state index contributed by atoms with van der Waals surface area (Å²) in [6.45, 7) is 2.29. The Bertz CT molecular complexity index is 601. The molecule has 3 rings (SSSR count). The molecule has 0 bridgehead atoms. The standard InChI is InChI=1S/C15H19N3O2/c1-9-2-4-10(5-3-9)14-17-15(20-18-14)11-6-7-13(19)12(16)8-11/h6-10,19H,2-5,16H2,1H3. The van der Waals surface area contributed by atoms with Gasteiger partial charge < -0.3 is 15.4 Å². The van der Waals surface area contributed by atoms with Gasteiger partial charge >= 0.3 is 0 Å². The fourth-order valence-electron chi connectivity index (χ4n) is 2.72. The van der Waals surface area contributed by atoms with Gasteiger partial charge in [0.1, 0.15) is 5.75 Å². The molecule has 5 nitrogen and oxygen atoms in total. The van der Waals surface area contributed by atoms with Crippen LogP contribution in [0.4, 0.5) is 5.69 Å². The van der Waals surface area contributed by atoms with Crippen LogP contribution in [0.1, 0.15) is 44.3 Å². The third-order valence-electron chi connectivity index (χ3n) is 4.10. The lowest BCUT2D eigenvalue weighted by atomic mass is 9.83. The zero-order valence-corrected chi connectivity index (χ0v) is 11.5. The van der Waals surface area contributed by atoms with Crippen LogP contribution in [-0.2, 0) is 0 Å². The Morgan fingerprint density at radius 3 is 2.70 bits per heavy atom. The van der Waals surface area contributed by atoms with Gasteiger partial charge in [-0.1, -0.05) is 24.9 Å². The number of nitrogens with zero attached hydrogens (tertiary/aromatic N) is 2. The molecule has 1 aliphatic rings. The molecule has 3 N–H and O–H groups in total. The maximum absolute atomic E-state index is 9.43. The maximum Gasteiger partial charge on any atom is 0.258 e. The predicted octanol–water partition coefficient (Wildman–Crippen LogP) is 3.32. The lowest BCUT2D eigenvalue weighted by Crippen LogP contribution is -2.11. The molecule has 0 saturated heterocycles. The highest BCUT2D eigenvalue weighted by Crippen LogP contribution is 2.35. The van der Waals surface area contributed by atoms with Gasteiger partial charge in [-0.05, 0) is 37.0 Å². The van der Waals surface area contributed by atoms with Gasteiger partial charge in [-0.25, -0.2) is 0 Å². The second-order valence-corrected chi connectivity index (χ2v) is 5.69. The first-order chi connectivity index (χ1) is 9.63. The number of anilines is 1. The molecule has 5 heteroatoms. The molecule has 0 aliphatic heterocycles. The SMILES string of the molecule is CC1CCC(c2noc(-c3ccc(O)c(N)c3)n2)CC1. The molecule has 1 heterocycles. The number of benzene rings is 1. The molecule has 1 saturated carbocycles. The summed E-state index contributed by atoms with van der Waals surface area (Å²) in [5.74, 6) is 2.52. The quantitative estimate of drug-likeness (QED) is 0.647. The van der Waals surface area contributed by atoms with Crippen LogP contribution in [0.2, 0.25) is 0 Å². The van der Waals surface area contributed by atoms with E-state index in [1.807, 2.05) is 0 Å². The van der Waals surface area contributed by atoms with E-state index in [0.29, 0.717) is 17.5 Å². The van der Waals surface area contributed by atoms with Crippen molar-refractivity contribution in [1.82, 2.24) is 10.1 Å². The van der Waals surface area contributed by atoms with Gasteiger partial charge in [-0.2, -0.15) is 4.98 Å². The lowest BCUT2D eigenvalue weighted by Gasteiger charge is -2.23. The highest BCUT2D eigenvalue weighted by atomic mass is 16.5. The Balaban J connectivity index is 1.81. The van der Waals surface area contributed by atoms with Crippen LogP contribution in [0.5, 0.6) is 5.75 Å². The average molecular weight is 273 g/mol. The summed E-state index contributed by atoms with van der Waals surface area (Å²) < 4.78 is 5.33. The summed E-state index contributed by atoms with van der Waals surface area (Å²) in [5.41, 5.74) is 6.74. The average Bonchev–Trinajstić information content (AvgIpc) is 2.92. The van der Waals surface area contributed by atoms with E-state index in [2.05, 4.69) is 17.1 Å². The van der Waals surface area contributed by atoms with Crippen LogP contribution in [0.25, 0.3) is 11.5 Å². The largest absolute Gasteiger partial charge is 0.506 e. The zero-order valence-electron chi connectivity index (χ0n) is 11.5. The van der Waals surface area contributed by atoms with Gasteiger partial charge in [-0.3, -0.25) is 0 Å². The first-order valence-electron chi connectivity index (χ1n) is 7.06. The van der Waals surface area contributed by atoms with E-state index in [1.54, 1.807) is 12.1 Å². The summed E-state index contributed by atoms with van der Waals surface area (Å²) in [6, 6.07) is 4.92. The molecule has 0 radical (unpaired) electrons. The fraction of sp³-hybridized carbons (Fsp3) is 0.467. The lowest BCUT2D eigenvalue weighted by molar-refractivity contribution is 0.329. The van der Waals surface area contributed by atoms with Crippen molar-refractivity contribution in [3.05, 3.63) is 24.0 Å². The Morgan fingerprint density at radius 2 is 2.00 bits per heavy atom. The number of aromatic hydroxyl groups is 1. The van der Waals surface area contributed by atoms with Crippen molar-refractivity contribution in [3.63, 3.8) is 0 Å². The molecule has 0 unspecified atom stereocenters. The van der Waals surface area contributed by atoms with Crippen molar-refractivity contribution in [3.8, 4) is 17.2 Å². The number of aromatic nitrogens is 2. The van der Waals surface area contributed by atoms with Gasteiger partial charge in [0.05, 0.1) is 5.69 Å². The molecule has 2 aromatic rings. The number of phenols is 1. The minimum atomic E-state index is 0.0646. The van der Waals surface area contributed by atoms with Gasteiger partial charge in [0.15, 0.2) is 5.82 Å². The van der Waals surface area contributed by atoms with E-state index in [9.17, 15) is 5.11 Å².